The lowest BCUT2D eigenvalue weighted by Crippen LogP contribution is -2.22. The van der Waals surface area contributed by atoms with E-state index in [1.165, 1.54) is 32.5 Å². The van der Waals surface area contributed by atoms with Gasteiger partial charge < -0.3 is 29.6 Å². The summed E-state index contributed by atoms with van der Waals surface area (Å²) in [5.41, 5.74) is -0.883. The largest absolute Gasteiger partial charge is 0.497 e. The van der Waals surface area contributed by atoms with Crippen LogP contribution in [0.2, 0.25) is 5.02 Å². The molecule has 1 heterocycles. The van der Waals surface area contributed by atoms with Crippen molar-refractivity contribution in [2.24, 2.45) is 0 Å². The second-order valence-corrected chi connectivity index (χ2v) is 8.81. The highest BCUT2D eigenvalue weighted by Crippen LogP contribution is 2.38. The molecule has 0 radical (unpaired) electrons. The van der Waals surface area contributed by atoms with Crippen molar-refractivity contribution >= 4 is 34.0 Å². The highest BCUT2D eigenvalue weighted by molar-refractivity contribution is 6.30. The summed E-state index contributed by atoms with van der Waals surface area (Å²) < 4.78 is 70.7. The molecule has 206 valence electrons. The highest BCUT2D eigenvalue weighted by atomic mass is 35.5. The lowest BCUT2D eigenvalue weighted by Gasteiger charge is -2.22. The van der Waals surface area contributed by atoms with Gasteiger partial charge in [0.05, 0.1) is 26.4 Å². The van der Waals surface area contributed by atoms with Crippen LogP contribution in [0.4, 0.5) is 23.2 Å². The number of aromatic nitrogens is 1. The summed E-state index contributed by atoms with van der Waals surface area (Å²) in [7, 11) is 2.82. The van der Waals surface area contributed by atoms with Crippen LogP contribution in [0.5, 0.6) is 17.2 Å². The van der Waals surface area contributed by atoms with E-state index in [1.807, 2.05) is 0 Å². The Morgan fingerprint density at radius 1 is 1.08 bits per heavy atom. The molecule has 0 amide bonds. The van der Waals surface area contributed by atoms with Gasteiger partial charge in [-0.1, -0.05) is 17.7 Å². The van der Waals surface area contributed by atoms with E-state index in [9.17, 15) is 22.4 Å². The third-order valence-corrected chi connectivity index (χ3v) is 6.13. The molecule has 0 fully saturated rings. The molecule has 0 aliphatic carbocycles. The quantitative estimate of drug-likeness (QED) is 0.152. The zero-order valence-corrected chi connectivity index (χ0v) is 21.4. The number of aromatic amines is 1. The van der Waals surface area contributed by atoms with Gasteiger partial charge in [0.15, 0.2) is 5.78 Å². The lowest BCUT2D eigenvalue weighted by molar-refractivity contribution is -0.139. The van der Waals surface area contributed by atoms with Crippen LogP contribution >= 0.6 is 11.6 Å². The number of rotatable bonds is 10. The molecule has 1 aromatic heterocycles. The van der Waals surface area contributed by atoms with Crippen LogP contribution in [0.25, 0.3) is 10.9 Å². The summed E-state index contributed by atoms with van der Waals surface area (Å²) >= 11 is 6.12. The summed E-state index contributed by atoms with van der Waals surface area (Å²) in [5, 5.41) is 12.4. The van der Waals surface area contributed by atoms with Crippen molar-refractivity contribution < 1.29 is 41.7 Å². The van der Waals surface area contributed by atoms with Gasteiger partial charge in [0.1, 0.15) is 35.7 Å². The monoisotopic (exact) mass is 566 g/mol. The average Bonchev–Trinajstić information content (AvgIpc) is 3.31. The first kappa shape index (κ1) is 28.1. The number of aliphatic hydroxyl groups is 1. The molecule has 0 spiro atoms. The van der Waals surface area contributed by atoms with Crippen molar-refractivity contribution in [1.82, 2.24) is 4.98 Å². The molecule has 4 aromatic rings. The molecule has 3 N–H and O–H groups in total. The average molecular weight is 567 g/mol. The number of fused-ring (bicyclic) bond motifs is 1. The van der Waals surface area contributed by atoms with E-state index in [-0.39, 0.29) is 35.4 Å². The maximum absolute atomic E-state index is 14.2. The smallest absolute Gasteiger partial charge is 0.419 e. The Morgan fingerprint density at radius 3 is 2.49 bits per heavy atom. The van der Waals surface area contributed by atoms with E-state index < -0.39 is 29.4 Å². The SMILES string of the molecule is COc1cc(NC(C(=O)c2c[nH]c3cc(F)c(C(F)(F)F)cc23)c2ccc(Cl)cc2OC)cc(OCCO)c1. The number of nitrogens with one attached hydrogen (secondary N) is 2. The van der Waals surface area contributed by atoms with Crippen molar-refractivity contribution in [2.45, 2.75) is 12.2 Å². The van der Waals surface area contributed by atoms with Gasteiger partial charge in [-0.2, -0.15) is 13.2 Å². The van der Waals surface area contributed by atoms with Crippen LogP contribution in [-0.2, 0) is 6.18 Å². The standard InChI is InChI=1S/C27H23ClF4N2O5/c1-37-16-8-15(9-17(10-16)39-6-5-35)34-25(18-4-3-14(28)7-24(18)38-2)26(36)20-13-33-23-12-22(29)21(11-19(20)23)27(30,31)32/h3-4,7-13,25,33-35H,5-6H2,1-2H3. The first-order chi connectivity index (χ1) is 18.5. The molecule has 1 unspecified atom stereocenters. The van der Waals surface area contributed by atoms with Gasteiger partial charge in [0.25, 0.3) is 0 Å². The molecule has 0 bridgehead atoms. The van der Waals surface area contributed by atoms with Gasteiger partial charge in [-0.25, -0.2) is 4.39 Å². The number of hydrogen-bond donors (Lipinski definition) is 3. The van der Waals surface area contributed by atoms with E-state index >= 15 is 0 Å². The third kappa shape index (κ3) is 6.04. The van der Waals surface area contributed by atoms with Crippen LogP contribution in [0, 0.1) is 5.82 Å². The van der Waals surface area contributed by atoms with Crippen LogP contribution in [0.3, 0.4) is 0 Å². The molecule has 0 aliphatic heterocycles. The van der Waals surface area contributed by atoms with Gasteiger partial charge in [-0.3, -0.25) is 4.79 Å². The number of ketones is 1. The van der Waals surface area contributed by atoms with E-state index in [0.29, 0.717) is 39.9 Å². The molecular weight excluding hydrogens is 544 g/mol. The zero-order valence-electron chi connectivity index (χ0n) is 20.7. The molecule has 0 saturated heterocycles. The second kappa shape index (κ2) is 11.4. The fourth-order valence-corrected chi connectivity index (χ4v) is 4.28. The van der Waals surface area contributed by atoms with E-state index in [1.54, 1.807) is 24.3 Å². The fraction of sp³-hybridized carbons (Fsp3) is 0.222. The number of hydrogen-bond acceptors (Lipinski definition) is 6. The number of carbonyl (C=O) groups excluding carboxylic acids is 1. The molecule has 7 nitrogen and oxygen atoms in total. The van der Waals surface area contributed by atoms with E-state index in [2.05, 4.69) is 10.3 Å². The van der Waals surface area contributed by atoms with Gasteiger partial charge in [0, 0.05) is 57.1 Å². The minimum atomic E-state index is -4.96. The molecule has 0 aliphatic rings. The van der Waals surface area contributed by atoms with E-state index in [0.717, 1.165) is 0 Å². The molecular formula is C27H23ClF4N2O5. The summed E-state index contributed by atoms with van der Waals surface area (Å²) in [5.74, 6) is -1.15. The predicted molar refractivity (Wildman–Crippen MR) is 138 cm³/mol. The number of ether oxygens (including phenoxy) is 3. The maximum atomic E-state index is 14.2. The van der Waals surface area contributed by atoms with Gasteiger partial charge in [-0.05, 0) is 24.3 Å². The number of alkyl halides is 3. The number of carbonyl (C=O) groups is 1. The molecule has 1 atom stereocenters. The Morgan fingerprint density at radius 2 is 1.82 bits per heavy atom. The topological polar surface area (TPSA) is 92.8 Å². The van der Waals surface area contributed by atoms with Crippen LogP contribution < -0.4 is 19.5 Å². The lowest BCUT2D eigenvalue weighted by atomic mass is 9.95. The molecule has 4 rings (SSSR count). The van der Waals surface area contributed by atoms with Crippen LogP contribution in [0.1, 0.15) is 27.5 Å². The molecule has 12 heteroatoms. The first-order valence-corrected chi connectivity index (χ1v) is 11.9. The Kier molecular flexibility index (Phi) is 8.22. The number of aliphatic hydroxyl groups excluding tert-OH is 1. The summed E-state index contributed by atoms with van der Waals surface area (Å²) in [4.78, 5) is 16.7. The number of H-pyrrole nitrogens is 1. The van der Waals surface area contributed by atoms with E-state index in [4.69, 9.17) is 30.9 Å². The normalized spacial score (nSPS) is 12.3. The van der Waals surface area contributed by atoms with Crippen LogP contribution in [0.15, 0.2) is 54.7 Å². The summed E-state index contributed by atoms with van der Waals surface area (Å²) in [6.45, 7) is -0.225. The van der Waals surface area contributed by atoms with Crippen LogP contribution in [-0.4, -0.2) is 43.3 Å². The molecule has 0 saturated carbocycles. The molecule has 39 heavy (non-hydrogen) atoms. The Bertz CT molecular complexity index is 1510. The van der Waals surface area contributed by atoms with Crippen molar-refractivity contribution in [3.05, 3.63) is 82.3 Å². The summed E-state index contributed by atoms with van der Waals surface area (Å²) in [6, 6.07) is 9.41. The number of Topliss-reactive ketones (excluding diaryl/α,β-unsaturated/α-hetero) is 1. The minimum Gasteiger partial charge on any atom is -0.497 e. The number of methoxy groups -OCH3 is 2. The number of benzene rings is 3. The zero-order chi connectivity index (χ0) is 28.3. The van der Waals surface area contributed by atoms with Gasteiger partial charge >= 0.3 is 6.18 Å². The third-order valence-electron chi connectivity index (χ3n) is 5.90. The Labute approximate surface area is 225 Å². The Balaban J connectivity index is 1.85. The van der Waals surface area contributed by atoms with Crippen molar-refractivity contribution in [3.63, 3.8) is 0 Å². The van der Waals surface area contributed by atoms with Gasteiger partial charge in [-0.15, -0.1) is 0 Å². The Hall–Kier alpha value is -3.96. The van der Waals surface area contributed by atoms with Gasteiger partial charge in [0.2, 0.25) is 0 Å². The van der Waals surface area contributed by atoms with Crippen molar-refractivity contribution in [1.29, 1.82) is 0 Å². The first-order valence-electron chi connectivity index (χ1n) is 11.5. The maximum Gasteiger partial charge on any atom is 0.419 e. The van der Waals surface area contributed by atoms with Crippen molar-refractivity contribution in [2.75, 3.05) is 32.8 Å². The molecule has 3 aromatic carbocycles. The predicted octanol–water partition coefficient (Wildman–Crippen LogP) is 6.40. The second-order valence-electron chi connectivity index (χ2n) is 8.37. The highest BCUT2D eigenvalue weighted by Gasteiger charge is 2.36. The number of anilines is 1. The number of halogens is 5. The summed E-state index contributed by atoms with van der Waals surface area (Å²) in [6.07, 6.45) is -3.73. The fourth-order valence-electron chi connectivity index (χ4n) is 4.11. The minimum absolute atomic E-state index is 0.00735. The van der Waals surface area contributed by atoms with Crippen molar-refractivity contribution in [3.8, 4) is 17.2 Å².